The number of carbonyl (C=O) groups is 1. The zero-order chi connectivity index (χ0) is 23.4. The second-order valence-corrected chi connectivity index (χ2v) is 9.26. The number of H-pyrrole nitrogens is 1. The molecule has 8 nitrogen and oxygen atoms in total. The normalized spacial score (nSPS) is 11.3. The van der Waals surface area contributed by atoms with E-state index in [0.29, 0.717) is 28.1 Å². The van der Waals surface area contributed by atoms with Crippen molar-refractivity contribution in [3.63, 3.8) is 0 Å². The molecule has 0 bridgehead atoms. The first kappa shape index (κ1) is 22.2. The molecule has 168 valence electrons. The molecule has 0 saturated heterocycles. The average Bonchev–Trinajstić information content (AvgIpc) is 2.79. The van der Waals surface area contributed by atoms with Crippen LogP contribution in [-0.2, 0) is 21.2 Å². The number of sulfonamides is 1. The molecule has 3 N–H and O–H groups in total. The van der Waals surface area contributed by atoms with Gasteiger partial charge in [0.1, 0.15) is 5.82 Å². The molecule has 33 heavy (non-hydrogen) atoms. The van der Waals surface area contributed by atoms with Gasteiger partial charge in [0.25, 0.3) is 15.6 Å². The van der Waals surface area contributed by atoms with Crippen molar-refractivity contribution in [2.45, 2.75) is 24.7 Å². The zero-order valence-corrected chi connectivity index (χ0v) is 18.6. The standard InChI is InChI=1S/C24H22N4O4S/c1-16-6-12-19(13-7-16)33(31,32)28-18-10-8-17(9-11-18)25-23(29)15-14-22-26-21-5-3-2-4-20(21)24(30)27-22/h2-13,28H,14-15H2,1H3,(H,25,29)(H,26,27,30). The number of nitrogens with zero attached hydrogens (tertiary/aromatic N) is 1. The molecule has 1 aromatic heterocycles. The highest BCUT2D eigenvalue weighted by atomic mass is 32.2. The molecular weight excluding hydrogens is 440 g/mol. The van der Waals surface area contributed by atoms with Crippen LogP contribution < -0.4 is 15.6 Å². The molecule has 1 heterocycles. The summed E-state index contributed by atoms with van der Waals surface area (Å²) in [6.45, 7) is 1.88. The Bertz CT molecular complexity index is 1460. The van der Waals surface area contributed by atoms with Gasteiger partial charge in [0.2, 0.25) is 5.91 Å². The summed E-state index contributed by atoms with van der Waals surface area (Å²) in [7, 11) is -3.70. The van der Waals surface area contributed by atoms with E-state index < -0.39 is 10.0 Å². The Labute approximate surface area is 190 Å². The first-order valence-electron chi connectivity index (χ1n) is 10.3. The Kier molecular flexibility index (Phi) is 6.23. The fraction of sp³-hybridized carbons (Fsp3) is 0.125. The number of hydrogen-bond donors (Lipinski definition) is 3. The lowest BCUT2D eigenvalue weighted by atomic mass is 10.2. The van der Waals surface area contributed by atoms with E-state index in [2.05, 4.69) is 20.0 Å². The summed E-state index contributed by atoms with van der Waals surface area (Å²) in [5.74, 6) is 0.188. The minimum absolute atomic E-state index is 0.128. The number of para-hydroxylation sites is 1. The van der Waals surface area contributed by atoms with Gasteiger partial charge in [-0.25, -0.2) is 13.4 Å². The smallest absolute Gasteiger partial charge is 0.261 e. The molecule has 0 aliphatic rings. The number of aromatic nitrogens is 2. The van der Waals surface area contributed by atoms with Gasteiger partial charge >= 0.3 is 0 Å². The third-order valence-corrected chi connectivity index (χ3v) is 6.40. The first-order valence-corrected chi connectivity index (χ1v) is 11.8. The Morgan fingerprint density at radius 1 is 0.939 bits per heavy atom. The maximum absolute atomic E-state index is 12.5. The van der Waals surface area contributed by atoms with Crippen molar-refractivity contribution in [3.05, 3.63) is 94.5 Å². The zero-order valence-electron chi connectivity index (χ0n) is 17.8. The van der Waals surface area contributed by atoms with Crippen molar-refractivity contribution < 1.29 is 13.2 Å². The third kappa shape index (κ3) is 5.45. The average molecular weight is 463 g/mol. The third-order valence-electron chi connectivity index (χ3n) is 5.00. The lowest BCUT2D eigenvalue weighted by molar-refractivity contribution is -0.116. The largest absolute Gasteiger partial charge is 0.326 e. The van der Waals surface area contributed by atoms with Gasteiger partial charge < -0.3 is 10.3 Å². The molecular formula is C24H22N4O4S. The predicted octanol–water partition coefficient (Wildman–Crippen LogP) is 3.60. The number of benzene rings is 3. The SMILES string of the molecule is Cc1ccc(S(=O)(=O)Nc2ccc(NC(=O)CCc3nc4ccccc4c(=O)[nH]3)cc2)cc1. The molecule has 9 heteroatoms. The Morgan fingerprint density at radius 3 is 2.33 bits per heavy atom. The van der Waals surface area contributed by atoms with Crippen LogP contribution >= 0.6 is 0 Å². The van der Waals surface area contributed by atoms with Crippen LogP contribution in [0.4, 0.5) is 11.4 Å². The molecule has 3 aromatic carbocycles. The Hall–Kier alpha value is -3.98. The lowest BCUT2D eigenvalue weighted by Gasteiger charge is -2.10. The van der Waals surface area contributed by atoms with Crippen molar-refractivity contribution in [1.29, 1.82) is 0 Å². The second-order valence-electron chi connectivity index (χ2n) is 7.57. The summed E-state index contributed by atoms with van der Waals surface area (Å²) in [4.78, 5) is 31.7. The van der Waals surface area contributed by atoms with Gasteiger partial charge in [0.05, 0.1) is 15.8 Å². The highest BCUT2D eigenvalue weighted by molar-refractivity contribution is 7.92. The van der Waals surface area contributed by atoms with Gasteiger partial charge in [-0.2, -0.15) is 0 Å². The number of amides is 1. The quantitative estimate of drug-likeness (QED) is 0.387. The van der Waals surface area contributed by atoms with Crippen molar-refractivity contribution in [1.82, 2.24) is 9.97 Å². The molecule has 0 aliphatic carbocycles. The van der Waals surface area contributed by atoms with Crippen LogP contribution in [-0.4, -0.2) is 24.3 Å². The van der Waals surface area contributed by atoms with E-state index in [-0.39, 0.29) is 29.2 Å². The number of fused-ring (bicyclic) bond motifs is 1. The number of aryl methyl sites for hydroxylation is 2. The van der Waals surface area contributed by atoms with Crippen LogP contribution in [0.2, 0.25) is 0 Å². The minimum Gasteiger partial charge on any atom is -0.326 e. The van der Waals surface area contributed by atoms with Crippen LogP contribution in [0.5, 0.6) is 0 Å². The monoisotopic (exact) mass is 462 g/mol. The van der Waals surface area contributed by atoms with E-state index in [9.17, 15) is 18.0 Å². The van der Waals surface area contributed by atoms with Crippen LogP contribution in [0.3, 0.4) is 0 Å². The first-order chi connectivity index (χ1) is 15.8. The van der Waals surface area contributed by atoms with Gasteiger partial charge in [-0.1, -0.05) is 29.8 Å². The lowest BCUT2D eigenvalue weighted by Crippen LogP contribution is -2.16. The van der Waals surface area contributed by atoms with E-state index in [0.717, 1.165) is 5.56 Å². The van der Waals surface area contributed by atoms with Gasteiger partial charge in [-0.3, -0.25) is 14.3 Å². The molecule has 1 amide bonds. The molecule has 4 rings (SSSR count). The number of carbonyl (C=O) groups excluding carboxylic acids is 1. The van der Waals surface area contributed by atoms with E-state index in [4.69, 9.17) is 0 Å². The highest BCUT2D eigenvalue weighted by Gasteiger charge is 2.14. The number of rotatable bonds is 7. The van der Waals surface area contributed by atoms with E-state index in [1.807, 2.05) is 6.92 Å². The van der Waals surface area contributed by atoms with Gasteiger partial charge in [0.15, 0.2) is 0 Å². The van der Waals surface area contributed by atoms with Crippen LogP contribution in [0, 0.1) is 6.92 Å². The molecule has 0 unspecified atom stereocenters. The highest BCUT2D eigenvalue weighted by Crippen LogP contribution is 2.19. The predicted molar refractivity (Wildman–Crippen MR) is 128 cm³/mol. The molecule has 0 atom stereocenters. The van der Waals surface area contributed by atoms with E-state index in [1.165, 1.54) is 0 Å². The Morgan fingerprint density at radius 2 is 1.61 bits per heavy atom. The number of anilines is 2. The molecule has 4 aromatic rings. The van der Waals surface area contributed by atoms with Gasteiger partial charge in [0, 0.05) is 24.2 Å². The van der Waals surface area contributed by atoms with Gasteiger partial charge in [-0.15, -0.1) is 0 Å². The van der Waals surface area contributed by atoms with Crippen LogP contribution in [0.1, 0.15) is 17.8 Å². The van der Waals surface area contributed by atoms with Crippen molar-refractivity contribution in [2.75, 3.05) is 10.0 Å². The number of aromatic amines is 1. The van der Waals surface area contributed by atoms with Crippen molar-refractivity contribution in [3.8, 4) is 0 Å². The van der Waals surface area contributed by atoms with Crippen LogP contribution in [0.25, 0.3) is 10.9 Å². The van der Waals surface area contributed by atoms with Crippen molar-refractivity contribution >= 4 is 38.2 Å². The molecule has 0 saturated carbocycles. The Balaban J connectivity index is 1.35. The summed E-state index contributed by atoms with van der Waals surface area (Å²) in [5.41, 5.74) is 2.22. The number of hydrogen-bond acceptors (Lipinski definition) is 5. The van der Waals surface area contributed by atoms with Crippen LogP contribution in [0.15, 0.2) is 82.5 Å². The van der Waals surface area contributed by atoms with E-state index in [1.54, 1.807) is 72.8 Å². The number of nitrogens with one attached hydrogen (secondary N) is 3. The molecule has 0 fully saturated rings. The second kappa shape index (κ2) is 9.25. The molecule has 0 spiro atoms. The fourth-order valence-electron chi connectivity index (χ4n) is 3.26. The van der Waals surface area contributed by atoms with Gasteiger partial charge in [-0.05, 0) is 55.5 Å². The summed E-state index contributed by atoms with van der Waals surface area (Å²) in [6.07, 6.45) is 0.406. The van der Waals surface area contributed by atoms with E-state index >= 15 is 0 Å². The fourth-order valence-corrected chi connectivity index (χ4v) is 4.32. The maximum atomic E-state index is 12.5. The molecule has 0 aliphatic heterocycles. The summed E-state index contributed by atoms with van der Waals surface area (Å²) >= 11 is 0. The minimum atomic E-state index is -3.70. The van der Waals surface area contributed by atoms with Crippen molar-refractivity contribution in [2.24, 2.45) is 0 Å². The summed E-state index contributed by atoms with van der Waals surface area (Å²) in [5, 5.41) is 3.26. The summed E-state index contributed by atoms with van der Waals surface area (Å²) in [6, 6.07) is 19.9. The topological polar surface area (TPSA) is 121 Å². The maximum Gasteiger partial charge on any atom is 0.261 e. The molecule has 0 radical (unpaired) electrons. The summed E-state index contributed by atoms with van der Waals surface area (Å²) < 4.78 is 27.5.